The number of aryl methyl sites for hydroxylation is 1. The highest BCUT2D eigenvalue weighted by molar-refractivity contribution is 7.15. The molecular weight excluding hydrogens is 220 g/mol. The molecule has 16 heavy (non-hydrogen) atoms. The Morgan fingerprint density at radius 3 is 2.56 bits per heavy atom. The lowest BCUT2D eigenvalue weighted by Crippen LogP contribution is -2.00. The first kappa shape index (κ1) is 10.9. The number of thiophene rings is 1. The van der Waals surface area contributed by atoms with Crippen molar-refractivity contribution in [3.63, 3.8) is 0 Å². The lowest BCUT2D eigenvalue weighted by Gasteiger charge is -2.01. The van der Waals surface area contributed by atoms with E-state index in [1.54, 1.807) is 11.3 Å². The maximum Gasteiger partial charge on any atom is 0.339 e. The Morgan fingerprint density at radius 1 is 1.25 bits per heavy atom. The highest BCUT2D eigenvalue weighted by Crippen LogP contribution is 2.32. The molecule has 0 N–H and O–H groups in total. The van der Waals surface area contributed by atoms with Crippen LogP contribution in [0, 0.1) is 6.92 Å². The first-order chi connectivity index (χ1) is 7.72. The third-order valence-electron chi connectivity index (χ3n) is 2.30. The van der Waals surface area contributed by atoms with Crippen LogP contribution in [0.2, 0.25) is 0 Å². The quantitative estimate of drug-likeness (QED) is 0.741. The molecule has 0 atom stereocenters. The van der Waals surface area contributed by atoms with Crippen LogP contribution in [0.3, 0.4) is 0 Å². The molecule has 2 aromatic rings. The number of esters is 1. The van der Waals surface area contributed by atoms with Crippen LogP contribution in [0.5, 0.6) is 0 Å². The molecule has 0 bridgehead atoms. The normalized spacial score (nSPS) is 10.1. The Bertz CT molecular complexity index is 500. The summed E-state index contributed by atoms with van der Waals surface area (Å²) in [7, 11) is 1.41. The van der Waals surface area contributed by atoms with Gasteiger partial charge >= 0.3 is 5.97 Å². The second kappa shape index (κ2) is 4.49. The molecule has 2 rings (SSSR count). The van der Waals surface area contributed by atoms with E-state index in [4.69, 9.17) is 4.74 Å². The molecule has 82 valence electrons. The molecule has 1 aromatic carbocycles. The van der Waals surface area contributed by atoms with Gasteiger partial charge in [-0.1, -0.05) is 30.3 Å². The summed E-state index contributed by atoms with van der Waals surface area (Å²) in [6, 6.07) is 11.8. The Morgan fingerprint density at radius 2 is 1.94 bits per heavy atom. The maximum absolute atomic E-state index is 11.6. The van der Waals surface area contributed by atoms with Crippen LogP contribution in [0.1, 0.15) is 15.2 Å². The van der Waals surface area contributed by atoms with Gasteiger partial charge in [-0.2, -0.15) is 0 Å². The number of ether oxygens (including phenoxy) is 1. The topological polar surface area (TPSA) is 26.3 Å². The molecule has 0 amide bonds. The minimum Gasteiger partial charge on any atom is -0.465 e. The van der Waals surface area contributed by atoms with Gasteiger partial charge in [-0.15, -0.1) is 11.3 Å². The number of methoxy groups -OCH3 is 1. The monoisotopic (exact) mass is 232 g/mol. The van der Waals surface area contributed by atoms with E-state index in [-0.39, 0.29) is 5.97 Å². The van der Waals surface area contributed by atoms with Gasteiger partial charge in [-0.05, 0) is 18.6 Å². The SMILES string of the molecule is COC(=O)c1cc(C)sc1-c1ccccc1. The zero-order valence-electron chi connectivity index (χ0n) is 9.19. The fraction of sp³-hybridized carbons (Fsp3) is 0.154. The van der Waals surface area contributed by atoms with E-state index in [2.05, 4.69) is 0 Å². The minimum atomic E-state index is -0.275. The summed E-state index contributed by atoms with van der Waals surface area (Å²) in [5, 5.41) is 0. The number of benzene rings is 1. The average Bonchev–Trinajstić information content (AvgIpc) is 2.71. The van der Waals surface area contributed by atoms with Crippen LogP contribution in [0.15, 0.2) is 36.4 Å². The van der Waals surface area contributed by atoms with E-state index in [9.17, 15) is 4.79 Å². The summed E-state index contributed by atoms with van der Waals surface area (Å²) in [5.74, 6) is -0.275. The summed E-state index contributed by atoms with van der Waals surface area (Å²) in [6.45, 7) is 1.99. The molecule has 0 fully saturated rings. The van der Waals surface area contributed by atoms with Crippen molar-refractivity contribution in [3.8, 4) is 10.4 Å². The molecule has 0 radical (unpaired) electrons. The predicted octanol–water partition coefficient (Wildman–Crippen LogP) is 3.51. The molecule has 0 aliphatic carbocycles. The van der Waals surface area contributed by atoms with Gasteiger partial charge in [0.05, 0.1) is 12.7 Å². The molecule has 0 unspecified atom stereocenters. The highest BCUT2D eigenvalue weighted by atomic mass is 32.1. The van der Waals surface area contributed by atoms with Gasteiger partial charge in [0.25, 0.3) is 0 Å². The second-order valence-electron chi connectivity index (χ2n) is 3.46. The zero-order valence-corrected chi connectivity index (χ0v) is 10.0. The van der Waals surface area contributed by atoms with Crippen molar-refractivity contribution in [2.24, 2.45) is 0 Å². The summed E-state index contributed by atoms with van der Waals surface area (Å²) in [6.07, 6.45) is 0. The molecule has 1 heterocycles. The number of rotatable bonds is 2. The number of carbonyl (C=O) groups is 1. The first-order valence-electron chi connectivity index (χ1n) is 4.96. The van der Waals surface area contributed by atoms with Crippen molar-refractivity contribution in [1.82, 2.24) is 0 Å². The third-order valence-corrected chi connectivity index (χ3v) is 3.40. The van der Waals surface area contributed by atoms with E-state index in [0.29, 0.717) is 5.56 Å². The summed E-state index contributed by atoms with van der Waals surface area (Å²) >= 11 is 1.61. The molecule has 0 saturated carbocycles. The number of hydrogen-bond acceptors (Lipinski definition) is 3. The van der Waals surface area contributed by atoms with Crippen LogP contribution in [-0.4, -0.2) is 13.1 Å². The van der Waals surface area contributed by atoms with Gasteiger partial charge in [0, 0.05) is 9.75 Å². The van der Waals surface area contributed by atoms with E-state index in [1.165, 1.54) is 7.11 Å². The van der Waals surface area contributed by atoms with Crippen molar-refractivity contribution < 1.29 is 9.53 Å². The van der Waals surface area contributed by atoms with Crippen LogP contribution in [0.4, 0.5) is 0 Å². The standard InChI is InChI=1S/C13H12O2S/c1-9-8-11(13(14)15-2)12(16-9)10-6-4-3-5-7-10/h3-8H,1-2H3. The van der Waals surface area contributed by atoms with Crippen LogP contribution in [0.25, 0.3) is 10.4 Å². The van der Waals surface area contributed by atoms with Crippen molar-refractivity contribution in [3.05, 3.63) is 46.8 Å². The molecule has 3 heteroatoms. The van der Waals surface area contributed by atoms with E-state index >= 15 is 0 Å². The van der Waals surface area contributed by atoms with Gasteiger partial charge in [-0.25, -0.2) is 4.79 Å². The van der Waals surface area contributed by atoms with Gasteiger partial charge in [0.15, 0.2) is 0 Å². The fourth-order valence-corrected chi connectivity index (χ4v) is 2.58. The molecule has 0 spiro atoms. The van der Waals surface area contributed by atoms with Gasteiger partial charge in [-0.3, -0.25) is 0 Å². The second-order valence-corrected chi connectivity index (χ2v) is 4.71. The number of carbonyl (C=O) groups excluding carboxylic acids is 1. The van der Waals surface area contributed by atoms with Gasteiger partial charge in [0.2, 0.25) is 0 Å². The third kappa shape index (κ3) is 1.99. The molecule has 0 saturated heterocycles. The summed E-state index contributed by atoms with van der Waals surface area (Å²) < 4.78 is 4.78. The van der Waals surface area contributed by atoms with Gasteiger partial charge < -0.3 is 4.74 Å². The van der Waals surface area contributed by atoms with Crippen LogP contribution < -0.4 is 0 Å². The Labute approximate surface area is 98.5 Å². The van der Waals surface area contributed by atoms with Crippen molar-refractivity contribution in [2.45, 2.75) is 6.92 Å². The van der Waals surface area contributed by atoms with E-state index in [1.807, 2.05) is 43.3 Å². The van der Waals surface area contributed by atoms with E-state index in [0.717, 1.165) is 15.3 Å². The molecule has 0 aliphatic heterocycles. The van der Waals surface area contributed by atoms with Crippen molar-refractivity contribution in [2.75, 3.05) is 7.11 Å². The smallest absolute Gasteiger partial charge is 0.339 e. The molecule has 0 aliphatic rings. The van der Waals surface area contributed by atoms with Gasteiger partial charge in [0.1, 0.15) is 0 Å². The highest BCUT2D eigenvalue weighted by Gasteiger charge is 2.16. The maximum atomic E-state index is 11.6. The Kier molecular flexibility index (Phi) is 3.06. The van der Waals surface area contributed by atoms with Crippen LogP contribution in [-0.2, 0) is 4.74 Å². The molecule has 2 nitrogen and oxygen atoms in total. The minimum absolute atomic E-state index is 0.275. The Hall–Kier alpha value is -1.61. The van der Waals surface area contributed by atoms with Crippen molar-refractivity contribution in [1.29, 1.82) is 0 Å². The fourth-order valence-electron chi connectivity index (χ4n) is 1.58. The van der Waals surface area contributed by atoms with Crippen LogP contribution >= 0.6 is 11.3 Å². The summed E-state index contributed by atoms with van der Waals surface area (Å²) in [5.41, 5.74) is 1.71. The predicted molar refractivity (Wildman–Crippen MR) is 65.8 cm³/mol. The Balaban J connectivity index is 2.53. The molecule has 1 aromatic heterocycles. The largest absolute Gasteiger partial charge is 0.465 e. The molecular formula is C13H12O2S. The lowest BCUT2D eigenvalue weighted by atomic mass is 10.1. The van der Waals surface area contributed by atoms with Crippen molar-refractivity contribution >= 4 is 17.3 Å². The number of hydrogen-bond donors (Lipinski definition) is 0. The zero-order chi connectivity index (χ0) is 11.5. The summed E-state index contributed by atoms with van der Waals surface area (Å²) in [4.78, 5) is 13.7. The van der Waals surface area contributed by atoms with E-state index < -0.39 is 0 Å². The lowest BCUT2D eigenvalue weighted by molar-refractivity contribution is 0.0602. The average molecular weight is 232 g/mol. The first-order valence-corrected chi connectivity index (χ1v) is 5.78.